The van der Waals surface area contributed by atoms with Crippen molar-refractivity contribution < 1.29 is 30.0 Å². The number of fused-ring (bicyclic) bond motifs is 3. The number of aliphatic hydroxyl groups is 1. The average Bonchev–Trinajstić information content (AvgIpc) is 2.92. The van der Waals surface area contributed by atoms with Crippen LogP contribution < -0.4 is 0 Å². The van der Waals surface area contributed by atoms with Crippen molar-refractivity contribution >= 4 is 27.3 Å². The number of aryl methyl sites for hydroxylation is 1. The summed E-state index contributed by atoms with van der Waals surface area (Å²) in [6.45, 7) is 13.5. The summed E-state index contributed by atoms with van der Waals surface area (Å²) in [5.41, 5.74) is 5.05. The topological polar surface area (TPSA) is 54.5 Å². The van der Waals surface area contributed by atoms with Gasteiger partial charge in [0.25, 0.3) is 0 Å². The van der Waals surface area contributed by atoms with Crippen LogP contribution >= 0.6 is 0 Å². The monoisotopic (exact) mass is 722 g/mol. The summed E-state index contributed by atoms with van der Waals surface area (Å²) in [5, 5.41) is 14.5. The number of aromatic nitrogens is 1. The molecule has 0 unspecified atom stereocenters. The fourth-order valence-electron chi connectivity index (χ4n) is 4.24. The second-order valence-electron chi connectivity index (χ2n) is 12.3. The number of allylic oxidation sites excluding steroid dienone is 2. The smallest absolute Gasteiger partial charge is 0.325 e. The van der Waals surface area contributed by atoms with Gasteiger partial charge in [-0.1, -0.05) is 87.0 Å². The molecule has 41 heavy (non-hydrogen) atoms. The van der Waals surface area contributed by atoms with Crippen LogP contribution in [-0.2, 0) is 20.1 Å². The van der Waals surface area contributed by atoms with E-state index < -0.39 is 0 Å². The second-order valence-corrected chi connectivity index (χ2v) is 12.3. The van der Waals surface area contributed by atoms with Gasteiger partial charge in [0.1, 0.15) is 5.76 Å². The molecule has 5 aromatic rings. The average molecular weight is 722 g/mol. The Morgan fingerprint density at radius 2 is 1.46 bits per heavy atom. The molecule has 2 N–H and O–H groups in total. The molecule has 0 amide bonds. The van der Waals surface area contributed by atoms with Gasteiger partial charge in [-0.15, -0.1) is 35.4 Å². The van der Waals surface area contributed by atoms with Gasteiger partial charge >= 0.3 is 5.78 Å². The van der Waals surface area contributed by atoms with Gasteiger partial charge in [0.05, 0.1) is 11.5 Å². The molecule has 0 fully saturated rings. The molecule has 0 aliphatic rings. The van der Waals surface area contributed by atoms with Gasteiger partial charge in [0.15, 0.2) is 0 Å². The zero-order valence-electron chi connectivity index (χ0n) is 24.9. The summed E-state index contributed by atoms with van der Waals surface area (Å²) in [4.78, 5) is 14.3. The Kier molecular flexibility index (Phi) is 10.1. The van der Waals surface area contributed by atoms with Crippen LogP contribution in [0.15, 0.2) is 103 Å². The maximum absolute atomic E-state index is 9.60. The zero-order chi connectivity index (χ0) is 29.1. The fourth-order valence-corrected chi connectivity index (χ4v) is 4.24. The molecule has 213 valence electrons. The van der Waals surface area contributed by atoms with E-state index in [0.29, 0.717) is 0 Å². The van der Waals surface area contributed by atoms with Crippen molar-refractivity contribution in [2.24, 2.45) is 10.8 Å². The van der Waals surface area contributed by atoms with Crippen LogP contribution in [0.2, 0.25) is 0 Å². The molecule has 0 bridgehead atoms. The molecular weight excluding hydrogens is 683 g/mol. The van der Waals surface area contributed by atoms with E-state index in [2.05, 4.69) is 91.9 Å². The van der Waals surface area contributed by atoms with Gasteiger partial charge in [-0.2, -0.15) is 0 Å². The van der Waals surface area contributed by atoms with Crippen molar-refractivity contribution in [1.82, 2.24) is 4.98 Å². The molecule has 0 aliphatic carbocycles. The number of nitrogens with zero attached hydrogens (tertiary/aromatic N) is 1. The van der Waals surface area contributed by atoms with E-state index in [1.807, 2.05) is 53.8 Å². The van der Waals surface area contributed by atoms with Crippen molar-refractivity contribution in [2.45, 2.75) is 48.5 Å². The standard InChI is InChI=1S/C26H18N.C11H20O2.Ir/c1-18-9-11-19(12-10-18)21-6-4-7-22(17-21)26-25-14-13-20-5-2-3-8-23(20)24(25)15-16-27-26;1-10(2,3)8(12)7-9(13)11(4,5)6;/h2-6,8-17H,1H3;7,12H,1-6H3;/q-1;;/p+1/b;8-7-;. The molecule has 0 spiro atoms. The number of ketones is 1. The van der Waals surface area contributed by atoms with Gasteiger partial charge in [-0.3, -0.25) is 4.79 Å². The van der Waals surface area contributed by atoms with Gasteiger partial charge in [-0.25, -0.2) is 0 Å². The first-order valence-electron chi connectivity index (χ1n) is 13.7. The van der Waals surface area contributed by atoms with E-state index in [1.165, 1.54) is 38.9 Å². The molecule has 3 nitrogen and oxygen atoms in total. The van der Waals surface area contributed by atoms with Crippen molar-refractivity contribution in [3.8, 4) is 22.4 Å². The Morgan fingerprint density at radius 1 is 0.780 bits per heavy atom. The van der Waals surface area contributed by atoms with Gasteiger partial charge in [-0.05, 0) is 66.6 Å². The van der Waals surface area contributed by atoms with Crippen molar-refractivity contribution in [2.75, 3.05) is 0 Å². The van der Waals surface area contributed by atoms with Crippen molar-refractivity contribution in [1.29, 1.82) is 0 Å². The molecule has 0 atom stereocenters. The zero-order valence-corrected chi connectivity index (χ0v) is 27.3. The minimum Gasteiger partial charge on any atom is -0.511 e. The van der Waals surface area contributed by atoms with E-state index in [-0.39, 0.29) is 42.5 Å². The molecule has 1 radical (unpaired) electrons. The molecule has 0 saturated heterocycles. The van der Waals surface area contributed by atoms with Crippen LogP contribution in [0.1, 0.15) is 47.1 Å². The van der Waals surface area contributed by atoms with Crippen LogP contribution in [0.5, 0.6) is 0 Å². The second kappa shape index (κ2) is 12.9. The maximum Gasteiger partial charge on any atom is 0.325 e. The molecular formula is C37H39IrNO2. The van der Waals surface area contributed by atoms with Crippen LogP contribution in [0.4, 0.5) is 0 Å². The summed E-state index contributed by atoms with van der Waals surface area (Å²) in [6, 6.07) is 33.2. The largest absolute Gasteiger partial charge is 0.511 e. The van der Waals surface area contributed by atoms with Gasteiger partial charge in [0, 0.05) is 31.7 Å². The number of benzene rings is 4. The Hall–Kier alpha value is -3.59. The van der Waals surface area contributed by atoms with Crippen molar-refractivity contribution in [3.05, 3.63) is 115 Å². The Morgan fingerprint density at radius 3 is 2.12 bits per heavy atom. The normalized spacial score (nSPS) is 11.9. The number of aliphatic hydroxyl groups excluding tert-OH is 1. The summed E-state index contributed by atoms with van der Waals surface area (Å²) < 4.78 is 0. The van der Waals surface area contributed by atoms with E-state index >= 15 is 0 Å². The minimum atomic E-state index is -0.306. The molecule has 1 heterocycles. The van der Waals surface area contributed by atoms with Crippen LogP contribution in [0, 0.1) is 23.8 Å². The van der Waals surface area contributed by atoms with Gasteiger partial charge < -0.3 is 10.1 Å². The number of hydrogen-bond donors (Lipinski definition) is 1. The molecule has 4 heteroatoms. The van der Waals surface area contributed by atoms with E-state index in [0.717, 1.165) is 16.6 Å². The fraction of sp³-hybridized carbons (Fsp3) is 0.243. The molecule has 4 aromatic carbocycles. The van der Waals surface area contributed by atoms with Crippen molar-refractivity contribution in [3.63, 3.8) is 0 Å². The minimum absolute atomic E-state index is 0. The molecule has 5 rings (SSSR count). The van der Waals surface area contributed by atoms with E-state index in [9.17, 15) is 9.90 Å². The Balaban J connectivity index is 0.000000284. The van der Waals surface area contributed by atoms with E-state index in [1.54, 1.807) is 0 Å². The predicted octanol–water partition coefficient (Wildman–Crippen LogP) is 9.89. The number of carbonyl (C=O) groups excluding carboxylic acids is 1. The Bertz CT molecular complexity index is 1690. The Labute approximate surface area is 257 Å². The van der Waals surface area contributed by atoms with Crippen LogP contribution in [0.3, 0.4) is 0 Å². The predicted molar refractivity (Wildman–Crippen MR) is 170 cm³/mol. The van der Waals surface area contributed by atoms with E-state index in [4.69, 9.17) is 4.98 Å². The third-order valence-corrected chi connectivity index (χ3v) is 6.92. The molecule has 0 aliphatic heterocycles. The summed E-state index contributed by atoms with van der Waals surface area (Å²) in [5.74, 6) is 0.417. The molecule has 1 aromatic heterocycles. The molecule has 0 saturated carbocycles. The third-order valence-electron chi connectivity index (χ3n) is 6.92. The first kappa shape index (κ1) is 31.9. The first-order chi connectivity index (χ1) is 18.8. The summed E-state index contributed by atoms with van der Waals surface area (Å²) >= 11 is 0. The van der Waals surface area contributed by atoms with Crippen LogP contribution in [-0.4, -0.2) is 20.7 Å². The van der Waals surface area contributed by atoms with Gasteiger partial charge in [0.2, 0.25) is 0 Å². The third kappa shape index (κ3) is 7.79. The summed E-state index contributed by atoms with van der Waals surface area (Å²) in [6.07, 6.45) is 3.34. The first-order valence-corrected chi connectivity index (χ1v) is 13.7. The maximum atomic E-state index is 9.60. The quantitative estimate of drug-likeness (QED) is 0.0663. The number of hydrogen-bond acceptors (Lipinski definition) is 2. The summed E-state index contributed by atoms with van der Waals surface area (Å²) in [7, 11) is 0. The van der Waals surface area contributed by atoms with Crippen LogP contribution in [0.25, 0.3) is 43.9 Å². The number of rotatable bonds is 3. The SMILES string of the molecule is CC(C)(C)C(=[OH+])/C=C(\O)C(C)(C)C.Cc1ccc(-c2cc[c-]c(-c3nccc4c3ccc3ccccc34)c2)cc1.[Ir]. The number of pyridine rings is 1.